The minimum Gasteiger partial charge on any atom is -0.297 e. The van der Waals surface area contributed by atoms with E-state index in [1.54, 1.807) is 12.1 Å². The van der Waals surface area contributed by atoms with Gasteiger partial charge in [0, 0.05) is 5.56 Å². The molecule has 0 aliphatic rings. The number of hydrogen-bond acceptors (Lipinski definition) is 2. The van der Waals surface area contributed by atoms with Crippen molar-refractivity contribution in [2.24, 2.45) is 0 Å². The molecule has 0 radical (unpaired) electrons. The van der Waals surface area contributed by atoms with Crippen molar-refractivity contribution in [3.8, 4) is 0 Å². The number of ketones is 1. The fourth-order valence-corrected chi connectivity index (χ4v) is 1.66. The average molecular weight is 237 g/mol. The number of benzene rings is 1. The van der Waals surface area contributed by atoms with Crippen LogP contribution in [-0.2, 0) is 0 Å². The number of unbranched alkanes of at least 4 members (excludes halogenated alkanes) is 1. The minimum absolute atomic E-state index is 0.0450. The van der Waals surface area contributed by atoms with Crippen LogP contribution in [-0.4, -0.2) is 30.3 Å². The van der Waals surface area contributed by atoms with Gasteiger partial charge in [-0.05, 0) is 51.2 Å². The van der Waals surface area contributed by atoms with Gasteiger partial charge in [-0.2, -0.15) is 0 Å². The highest BCUT2D eigenvalue weighted by molar-refractivity contribution is 5.99. The average Bonchev–Trinajstić information content (AvgIpc) is 2.35. The molecule has 1 rings (SSSR count). The zero-order chi connectivity index (χ0) is 12.8. The maximum absolute atomic E-state index is 12.8. The highest BCUT2D eigenvalue weighted by Gasteiger charge is 2.18. The number of rotatable bonds is 6. The van der Waals surface area contributed by atoms with Crippen molar-refractivity contribution in [1.82, 2.24) is 4.90 Å². The van der Waals surface area contributed by atoms with Crippen LogP contribution in [0.5, 0.6) is 0 Å². The van der Waals surface area contributed by atoms with Gasteiger partial charge in [-0.25, -0.2) is 4.39 Å². The zero-order valence-corrected chi connectivity index (χ0v) is 10.7. The standard InChI is InChI=1S/C14H20FNO/c1-4-5-10-16(3)11(2)14(17)12-6-8-13(15)9-7-12/h6-9,11H,4-5,10H2,1-3H3. The lowest BCUT2D eigenvalue weighted by molar-refractivity contribution is 0.0867. The Bertz CT molecular complexity index is 361. The molecule has 0 N–H and O–H groups in total. The van der Waals surface area contributed by atoms with E-state index in [0.717, 1.165) is 19.4 Å². The van der Waals surface area contributed by atoms with Crippen molar-refractivity contribution in [2.45, 2.75) is 32.7 Å². The van der Waals surface area contributed by atoms with E-state index in [-0.39, 0.29) is 17.6 Å². The maximum Gasteiger partial charge on any atom is 0.179 e. The van der Waals surface area contributed by atoms with Crippen LogP contribution in [0.1, 0.15) is 37.0 Å². The largest absolute Gasteiger partial charge is 0.297 e. The lowest BCUT2D eigenvalue weighted by atomic mass is 10.0. The van der Waals surface area contributed by atoms with Crippen LogP contribution in [0, 0.1) is 5.82 Å². The van der Waals surface area contributed by atoms with Gasteiger partial charge >= 0.3 is 0 Å². The predicted molar refractivity (Wildman–Crippen MR) is 67.7 cm³/mol. The topological polar surface area (TPSA) is 20.3 Å². The van der Waals surface area contributed by atoms with Crippen LogP contribution in [0.15, 0.2) is 24.3 Å². The molecule has 0 fully saturated rings. The van der Waals surface area contributed by atoms with Gasteiger partial charge in [0.25, 0.3) is 0 Å². The minimum atomic E-state index is -0.312. The highest BCUT2D eigenvalue weighted by atomic mass is 19.1. The second-order valence-electron chi connectivity index (χ2n) is 4.38. The number of carbonyl (C=O) groups is 1. The van der Waals surface area contributed by atoms with Crippen molar-refractivity contribution in [3.63, 3.8) is 0 Å². The third-order valence-corrected chi connectivity index (χ3v) is 3.03. The van der Waals surface area contributed by atoms with Crippen LogP contribution in [0.25, 0.3) is 0 Å². The summed E-state index contributed by atoms with van der Waals surface area (Å²) < 4.78 is 12.8. The van der Waals surface area contributed by atoms with E-state index in [2.05, 4.69) is 6.92 Å². The van der Waals surface area contributed by atoms with Crippen LogP contribution < -0.4 is 0 Å². The molecule has 0 saturated carbocycles. The summed E-state index contributed by atoms with van der Waals surface area (Å²) in [6, 6.07) is 5.58. The molecule has 0 saturated heterocycles. The van der Waals surface area contributed by atoms with Crippen molar-refractivity contribution >= 4 is 5.78 Å². The molecule has 0 bridgehead atoms. The summed E-state index contributed by atoms with van der Waals surface area (Å²) >= 11 is 0. The SMILES string of the molecule is CCCCN(C)C(C)C(=O)c1ccc(F)cc1. The first-order valence-corrected chi connectivity index (χ1v) is 6.06. The van der Waals surface area contributed by atoms with E-state index in [4.69, 9.17) is 0 Å². The summed E-state index contributed by atoms with van der Waals surface area (Å²) in [6.07, 6.45) is 2.19. The summed E-state index contributed by atoms with van der Waals surface area (Å²) in [4.78, 5) is 14.1. The van der Waals surface area contributed by atoms with E-state index in [1.807, 2.05) is 18.9 Å². The molecule has 2 nitrogen and oxygen atoms in total. The molecule has 0 aliphatic carbocycles. The summed E-state index contributed by atoms with van der Waals surface area (Å²) in [5, 5.41) is 0. The number of hydrogen-bond donors (Lipinski definition) is 0. The second-order valence-corrected chi connectivity index (χ2v) is 4.38. The predicted octanol–water partition coefficient (Wildman–Crippen LogP) is 3.13. The van der Waals surface area contributed by atoms with Gasteiger partial charge in [0.2, 0.25) is 0 Å². The molecule has 0 spiro atoms. The fraction of sp³-hybridized carbons (Fsp3) is 0.500. The van der Waals surface area contributed by atoms with Crippen molar-refractivity contribution < 1.29 is 9.18 Å². The molecule has 1 aromatic rings. The normalized spacial score (nSPS) is 12.8. The smallest absolute Gasteiger partial charge is 0.179 e. The van der Waals surface area contributed by atoms with Gasteiger partial charge in [-0.3, -0.25) is 9.69 Å². The molecule has 3 heteroatoms. The second kappa shape index (κ2) is 6.50. The fourth-order valence-electron chi connectivity index (χ4n) is 1.66. The number of carbonyl (C=O) groups excluding carboxylic acids is 1. The van der Waals surface area contributed by atoms with Crippen molar-refractivity contribution in [2.75, 3.05) is 13.6 Å². The Kier molecular flexibility index (Phi) is 5.29. The molecule has 0 aliphatic heterocycles. The van der Waals surface area contributed by atoms with E-state index in [1.165, 1.54) is 12.1 Å². The van der Waals surface area contributed by atoms with E-state index >= 15 is 0 Å². The first-order valence-electron chi connectivity index (χ1n) is 6.06. The first-order chi connectivity index (χ1) is 8.06. The van der Waals surface area contributed by atoms with Gasteiger partial charge < -0.3 is 0 Å². The molecule has 0 aromatic heterocycles. The van der Waals surface area contributed by atoms with E-state index < -0.39 is 0 Å². The zero-order valence-electron chi connectivity index (χ0n) is 10.7. The van der Waals surface area contributed by atoms with E-state index in [9.17, 15) is 9.18 Å². The summed E-state index contributed by atoms with van der Waals surface area (Å²) in [5.41, 5.74) is 0.572. The Labute approximate surface area is 102 Å². The summed E-state index contributed by atoms with van der Waals surface area (Å²) in [6.45, 7) is 4.92. The van der Waals surface area contributed by atoms with Crippen LogP contribution in [0.2, 0.25) is 0 Å². The van der Waals surface area contributed by atoms with Crippen LogP contribution in [0.3, 0.4) is 0 Å². The Morgan fingerprint density at radius 2 is 1.94 bits per heavy atom. The van der Waals surface area contributed by atoms with Crippen LogP contribution >= 0.6 is 0 Å². The van der Waals surface area contributed by atoms with Gasteiger partial charge in [-0.1, -0.05) is 13.3 Å². The van der Waals surface area contributed by atoms with Gasteiger partial charge in [-0.15, -0.1) is 0 Å². The third-order valence-electron chi connectivity index (χ3n) is 3.03. The Hall–Kier alpha value is -1.22. The lowest BCUT2D eigenvalue weighted by Crippen LogP contribution is -2.36. The van der Waals surface area contributed by atoms with Gasteiger partial charge in [0.1, 0.15) is 5.82 Å². The Morgan fingerprint density at radius 3 is 2.47 bits per heavy atom. The maximum atomic E-state index is 12.8. The molecule has 1 atom stereocenters. The number of likely N-dealkylation sites (N-methyl/N-ethyl adjacent to an activating group) is 1. The number of nitrogens with zero attached hydrogens (tertiary/aromatic N) is 1. The van der Waals surface area contributed by atoms with Gasteiger partial charge in [0.05, 0.1) is 6.04 Å². The monoisotopic (exact) mass is 237 g/mol. The molecule has 94 valence electrons. The first kappa shape index (κ1) is 13.8. The van der Waals surface area contributed by atoms with E-state index in [0.29, 0.717) is 5.56 Å². The Balaban J connectivity index is 2.65. The molecular formula is C14H20FNO. The van der Waals surface area contributed by atoms with Crippen molar-refractivity contribution in [1.29, 1.82) is 0 Å². The molecule has 0 amide bonds. The molecule has 0 heterocycles. The summed E-state index contributed by atoms with van der Waals surface area (Å²) in [7, 11) is 1.95. The highest BCUT2D eigenvalue weighted by Crippen LogP contribution is 2.09. The molecule has 1 unspecified atom stereocenters. The van der Waals surface area contributed by atoms with Crippen LogP contribution in [0.4, 0.5) is 4.39 Å². The third kappa shape index (κ3) is 3.93. The molecule has 17 heavy (non-hydrogen) atoms. The number of Topliss-reactive ketones (excluding diaryl/α,β-unsaturated/α-hetero) is 1. The van der Waals surface area contributed by atoms with Gasteiger partial charge in [0.15, 0.2) is 5.78 Å². The molecular weight excluding hydrogens is 217 g/mol. The number of halogens is 1. The Morgan fingerprint density at radius 1 is 1.35 bits per heavy atom. The van der Waals surface area contributed by atoms with Crippen molar-refractivity contribution in [3.05, 3.63) is 35.6 Å². The lowest BCUT2D eigenvalue weighted by Gasteiger charge is -2.23. The quantitative estimate of drug-likeness (QED) is 0.708. The summed E-state index contributed by atoms with van der Waals surface area (Å²) in [5.74, 6) is -0.267. The molecule has 1 aromatic carbocycles.